The molecule has 0 aliphatic rings. The van der Waals surface area contributed by atoms with Crippen molar-refractivity contribution in [2.45, 2.75) is 25.2 Å². The minimum atomic E-state index is -0.603. The molecule has 27 heavy (non-hydrogen) atoms. The van der Waals surface area contributed by atoms with Crippen LogP contribution >= 0.6 is 0 Å². The lowest BCUT2D eigenvalue weighted by atomic mass is 10.3. The molecule has 0 radical (unpaired) electrons. The summed E-state index contributed by atoms with van der Waals surface area (Å²) < 4.78 is 11.1. The zero-order valence-electron chi connectivity index (χ0n) is 15.8. The Balaban J connectivity index is 1.50. The van der Waals surface area contributed by atoms with Gasteiger partial charge in [0.15, 0.2) is 0 Å². The Morgan fingerprint density at radius 2 is 1.22 bits per heavy atom. The van der Waals surface area contributed by atoms with Gasteiger partial charge in [0.2, 0.25) is 0 Å². The Morgan fingerprint density at radius 3 is 1.74 bits per heavy atom. The monoisotopic (exact) mass is 374 g/mol. The van der Waals surface area contributed by atoms with Crippen molar-refractivity contribution in [3.05, 3.63) is 60.7 Å². The summed E-state index contributed by atoms with van der Waals surface area (Å²) in [5.74, 6) is 0. The lowest BCUT2D eigenvalue weighted by Gasteiger charge is -2.18. The molecule has 148 valence electrons. The molecule has 0 saturated heterocycles. The van der Waals surface area contributed by atoms with Gasteiger partial charge >= 0.3 is 0 Å². The number of nitrogens with one attached hydrogen (secondary N) is 2. The van der Waals surface area contributed by atoms with Gasteiger partial charge in [0.1, 0.15) is 0 Å². The molecule has 6 heteroatoms. The van der Waals surface area contributed by atoms with Crippen LogP contribution in [0.25, 0.3) is 0 Å². The first-order valence-electron chi connectivity index (χ1n) is 9.27. The molecule has 0 spiro atoms. The van der Waals surface area contributed by atoms with E-state index in [1.54, 1.807) is 0 Å². The van der Waals surface area contributed by atoms with Gasteiger partial charge in [-0.3, -0.25) is 0 Å². The van der Waals surface area contributed by atoms with Crippen LogP contribution in [0.2, 0.25) is 0 Å². The van der Waals surface area contributed by atoms with Gasteiger partial charge in [-0.05, 0) is 31.2 Å². The Kier molecular flexibility index (Phi) is 9.65. The van der Waals surface area contributed by atoms with E-state index >= 15 is 0 Å². The fourth-order valence-electron chi connectivity index (χ4n) is 2.39. The summed E-state index contributed by atoms with van der Waals surface area (Å²) >= 11 is 0. The molecule has 2 aromatic rings. The largest absolute Gasteiger partial charge is 0.389 e. The average Bonchev–Trinajstić information content (AvgIpc) is 2.70. The molecule has 0 aliphatic carbocycles. The maximum Gasteiger partial charge on any atom is 0.0945 e. The molecule has 3 atom stereocenters. The highest BCUT2D eigenvalue weighted by molar-refractivity contribution is 5.43. The SMILES string of the molecule is CC(COCC(O)CNc1ccccc1)OCC(O)CNc1ccccc1. The Hall–Kier alpha value is -2.12. The van der Waals surface area contributed by atoms with E-state index in [2.05, 4.69) is 10.6 Å². The fraction of sp³-hybridized carbons (Fsp3) is 0.429. The third-order valence-electron chi connectivity index (χ3n) is 3.87. The van der Waals surface area contributed by atoms with Gasteiger partial charge in [-0.2, -0.15) is 0 Å². The van der Waals surface area contributed by atoms with E-state index in [1.165, 1.54) is 0 Å². The van der Waals surface area contributed by atoms with Gasteiger partial charge in [0, 0.05) is 24.5 Å². The van der Waals surface area contributed by atoms with E-state index in [1.807, 2.05) is 67.6 Å². The Bertz CT molecular complexity index is 612. The van der Waals surface area contributed by atoms with Crippen LogP contribution in [-0.4, -0.2) is 61.4 Å². The zero-order valence-corrected chi connectivity index (χ0v) is 15.8. The van der Waals surface area contributed by atoms with Crippen molar-refractivity contribution < 1.29 is 19.7 Å². The number of hydrogen-bond donors (Lipinski definition) is 4. The second kappa shape index (κ2) is 12.3. The van der Waals surface area contributed by atoms with Crippen molar-refractivity contribution in [2.24, 2.45) is 0 Å². The van der Waals surface area contributed by atoms with Crippen LogP contribution < -0.4 is 10.6 Å². The molecule has 0 saturated carbocycles. The molecule has 3 unspecified atom stereocenters. The van der Waals surface area contributed by atoms with Crippen molar-refractivity contribution in [3.8, 4) is 0 Å². The molecular formula is C21H30N2O4. The number of para-hydroxylation sites is 2. The molecule has 0 aromatic heterocycles. The number of ether oxygens (including phenoxy) is 2. The van der Waals surface area contributed by atoms with Crippen LogP contribution in [0.5, 0.6) is 0 Å². The maximum atomic E-state index is 9.97. The zero-order chi connectivity index (χ0) is 19.3. The van der Waals surface area contributed by atoms with E-state index in [0.717, 1.165) is 11.4 Å². The quantitative estimate of drug-likeness (QED) is 0.431. The Morgan fingerprint density at radius 1 is 0.741 bits per heavy atom. The van der Waals surface area contributed by atoms with Crippen LogP contribution in [0.4, 0.5) is 11.4 Å². The summed E-state index contributed by atoms with van der Waals surface area (Å²) in [7, 11) is 0. The first kappa shape index (κ1) is 21.2. The second-order valence-electron chi connectivity index (χ2n) is 6.48. The summed E-state index contributed by atoms with van der Waals surface area (Å²) in [6.07, 6.45) is -1.36. The van der Waals surface area contributed by atoms with Crippen LogP contribution in [0.15, 0.2) is 60.7 Å². The van der Waals surface area contributed by atoms with Crippen molar-refractivity contribution in [2.75, 3.05) is 43.5 Å². The number of aliphatic hydroxyl groups excluding tert-OH is 2. The molecule has 2 rings (SSSR count). The number of anilines is 2. The first-order chi connectivity index (χ1) is 13.1. The predicted molar refractivity (Wildman–Crippen MR) is 108 cm³/mol. The lowest BCUT2D eigenvalue weighted by molar-refractivity contribution is -0.0506. The van der Waals surface area contributed by atoms with Gasteiger partial charge in [0.25, 0.3) is 0 Å². The van der Waals surface area contributed by atoms with E-state index in [0.29, 0.717) is 19.7 Å². The minimum absolute atomic E-state index is 0.161. The van der Waals surface area contributed by atoms with Gasteiger partial charge in [-0.25, -0.2) is 0 Å². The summed E-state index contributed by atoms with van der Waals surface area (Å²) in [5, 5.41) is 26.2. The van der Waals surface area contributed by atoms with E-state index in [9.17, 15) is 10.2 Å². The molecule has 0 aliphatic heterocycles. The fourth-order valence-corrected chi connectivity index (χ4v) is 2.39. The molecule has 6 nitrogen and oxygen atoms in total. The Labute approximate surface area is 161 Å². The highest BCUT2D eigenvalue weighted by Gasteiger charge is 2.10. The normalized spacial score (nSPS) is 14.3. The van der Waals surface area contributed by atoms with E-state index < -0.39 is 12.2 Å². The molecule has 0 fully saturated rings. The summed E-state index contributed by atoms with van der Waals surface area (Å²) in [6.45, 7) is 3.53. The molecule has 0 heterocycles. The highest BCUT2D eigenvalue weighted by atomic mass is 16.5. The standard InChI is InChI=1S/C21H30N2O4/c1-17(27-16-21(25)13-23-19-10-6-3-7-11-19)14-26-15-20(24)12-22-18-8-4-2-5-9-18/h2-11,17,20-25H,12-16H2,1H3. The van der Waals surface area contributed by atoms with Gasteiger partial charge in [-0.1, -0.05) is 36.4 Å². The maximum absolute atomic E-state index is 9.97. The van der Waals surface area contributed by atoms with Gasteiger partial charge in [-0.15, -0.1) is 0 Å². The van der Waals surface area contributed by atoms with Crippen LogP contribution in [0.1, 0.15) is 6.92 Å². The first-order valence-corrected chi connectivity index (χ1v) is 9.27. The molecule has 2 aromatic carbocycles. The van der Waals surface area contributed by atoms with Crippen molar-refractivity contribution >= 4 is 11.4 Å². The van der Waals surface area contributed by atoms with Crippen LogP contribution in [0.3, 0.4) is 0 Å². The predicted octanol–water partition coefficient (Wildman–Crippen LogP) is 2.35. The molecule has 4 N–H and O–H groups in total. The van der Waals surface area contributed by atoms with Crippen molar-refractivity contribution in [3.63, 3.8) is 0 Å². The highest BCUT2D eigenvalue weighted by Crippen LogP contribution is 2.06. The summed E-state index contributed by atoms with van der Waals surface area (Å²) in [4.78, 5) is 0. The summed E-state index contributed by atoms with van der Waals surface area (Å²) in [6, 6.07) is 19.4. The third kappa shape index (κ3) is 9.40. The summed E-state index contributed by atoms with van der Waals surface area (Å²) in [5.41, 5.74) is 1.93. The number of hydrogen-bond acceptors (Lipinski definition) is 6. The third-order valence-corrected chi connectivity index (χ3v) is 3.87. The van der Waals surface area contributed by atoms with Crippen molar-refractivity contribution in [1.29, 1.82) is 0 Å². The van der Waals surface area contributed by atoms with Crippen molar-refractivity contribution in [1.82, 2.24) is 0 Å². The number of aliphatic hydroxyl groups is 2. The smallest absolute Gasteiger partial charge is 0.0945 e. The lowest BCUT2D eigenvalue weighted by Crippen LogP contribution is -2.30. The van der Waals surface area contributed by atoms with Crippen LogP contribution in [-0.2, 0) is 9.47 Å². The van der Waals surface area contributed by atoms with Crippen LogP contribution in [0, 0.1) is 0 Å². The van der Waals surface area contributed by atoms with E-state index in [4.69, 9.17) is 9.47 Å². The number of benzene rings is 2. The molecular weight excluding hydrogens is 344 g/mol. The molecule has 0 bridgehead atoms. The second-order valence-corrected chi connectivity index (χ2v) is 6.48. The van der Waals surface area contributed by atoms with Gasteiger partial charge < -0.3 is 30.3 Å². The average molecular weight is 374 g/mol. The minimum Gasteiger partial charge on any atom is -0.389 e. The topological polar surface area (TPSA) is 83.0 Å². The van der Waals surface area contributed by atoms with Gasteiger partial charge in [0.05, 0.1) is 38.1 Å². The number of rotatable bonds is 13. The van der Waals surface area contributed by atoms with E-state index in [-0.39, 0.29) is 19.3 Å². The molecule has 0 amide bonds.